The van der Waals surface area contributed by atoms with Gasteiger partial charge in [-0.2, -0.15) is 0 Å². The summed E-state index contributed by atoms with van der Waals surface area (Å²) in [6, 6.07) is 9.14. The Morgan fingerprint density at radius 1 is 1.38 bits per heavy atom. The van der Waals surface area contributed by atoms with Crippen molar-refractivity contribution in [2.24, 2.45) is 5.73 Å². The fourth-order valence-corrected chi connectivity index (χ4v) is 2.84. The van der Waals surface area contributed by atoms with E-state index in [4.69, 9.17) is 10.5 Å². The Bertz CT molecular complexity index is 996. The van der Waals surface area contributed by atoms with Crippen LogP contribution < -0.4 is 5.73 Å². The van der Waals surface area contributed by atoms with E-state index in [1.807, 2.05) is 29.7 Å². The molecule has 8 nitrogen and oxygen atoms in total. The monoisotopic (exact) mass is 354 g/mol. The molecule has 0 aliphatic heterocycles. The highest BCUT2D eigenvalue weighted by Crippen LogP contribution is 2.28. The second-order valence-electron chi connectivity index (χ2n) is 5.98. The summed E-state index contributed by atoms with van der Waals surface area (Å²) in [4.78, 5) is 27.0. The first-order valence-corrected chi connectivity index (χ1v) is 7.96. The predicted octanol–water partition coefficient (Wildman–Crippen LogP) is 2.26. The van der Waals surface area contributed by atoms with Crippen molar-refractivity contribution in [1.29, 1.82) is 0 Å². The number of carbonyl (C=O) groups excluding carboxylic acids is 1. The average Bonchev–Trinajstić information content (AvgIpc) is 2.98. The number of benzene rings is 1. The average molecular weight is 354 g/mol. The molecule has 2 N–H and O–H groups in total. The maximum Gasteiger partial charge on any atom is 0.323 e. The first-order valence-electron chi connectivity index (χ1n) is 7.96. The summed E-state index contributed by atoms with van der Waals surface area (Å²) >= 11 is 0. The lowest BCUT2D eigenvalue weighted by atomic mass is 10.0. The number of ether oxygens (including phenoxy) is 1. The van der Waals surface area contributed by atoms with Crippen LogP contribution in [-0.4, -0.2) is 33.4 Å². The van der Waals surface area contributed by atoms with Crippen LogP contribution in [0.1, 0.15) is 11.3 Å². The van der Waals surface area contributed by atoms with Gasteiger partial charge in [0.15, 0.2) is 0 Å². The number of aromatic nitrogens is 2. The molecule has 134 valence electrons. The van der Waals surface area contributed by atoms with Crippen LogP contribution in [0.15, 0.2) is 42.6 Å². The van der Waals surface area contributed by atoms with Gasteiger partial charge < -0.3 is 14.9 Å². The van der Waals surface area contributed by atoms with Gasteiger partial charge in [-0.1, -0.05) is 18.2 Å². The van der Waals surface area contributed by atoms with Gasteiger partial charge >= 0.3 is 5.97 Å². The first kappa shape index (κ1) is 17.6. The lowest BCUT2D eigenvalue weighted by Gasteiger charge is -2.11. The van der Waals surface area contributed by atoms with E-state index in [1.165, 1.54) is 19.2 Å². The topological polar surface area (TPSA) is 113 Å². The molecule has 0 amide bonds. The Morgan fingerprint density at radius 3 is 2.85 bits per heavy atom. The summed E-state index contributed by atoms with van der Waals surface area (Å²) < 4.78 is 6.56. The number of carbonyl (C=O) groups is 1. The van der Waals surface area contributed by atoms with Crippen LogP contribution in [-0.2, 0) is 16.0 Å². The third-order valence-electron chi connectivity index (χ3n) is 4.11. The lowest BCUT2D eigenvalue weighted by molar-refractivity contribution is -0.384. The number of non-ortho nitro benzene ring substituents is 1. The number of aryl methyl sites for hydroxylation is 1. The minimum Gasteiger partial charge on any atom is -0.468 e. The number of fused-ring (bicyclic) bond motifs is 1. The van der Waals surface area contributed by atoms with E-state index >= 15 is 0 Å². The molecule has 0 saturated carbocycles. The molecule has 0 saturated heterocycles. The number of hydrogen-bond donors (Lipinski definition) is 1. The van der Waals surface area contributed by atoms with Gasteiger partial charge in [-0.05, 0) is 18.6 Å². The minimum atomic E-state index is -0.863. The molecule has 0 aliphatic rings. The summed E-state index contributed by atoms with van der Waals surface area (Å²) in [5.41, 5.74) is 9.44. The van der Waals surface area contributed by atoms with Gasteiger partial charge in [0.2, 0.25) is 0 Å². The Balaban J connectivity index is 2.18. The second-order valence-corrected chi connectivity index (χ2v) is 5.98. The van der Waals surface area contributed by atoms with Crippen molar-refractivity contribution in [3.8, 4) is 11.3 Å². The molecular weight excluding hydrogens is 336 g/mol. The van der Waals surface area contributed by atoms with E-state index < -0.39 is 16.9 Å². The number of nitro groups is 1. The van der Waals surface area contributed by atoms with Crippen molar-refractivity contribution in [2.45, 2.75) is 19.4 Å². The number of pyridine rings is 1. The number of nitrogens with two attached hydrogens (primary N) is 1. The van der Waals surface area contributed by atoms with Crippen molar-refractivity contribution in [3.63, 3.8) is 0 Å². The molecule has 3 rings (SSSR count). The van der Waals surface area contributed by atoms with Crippen molar-refractivity contribution in [1.82, 2.24) is 9.38 Å². The smallest absolute Gasteiger partial charge is 0.323 e. The van der Waals surface area contributed by atoms with Crippen LogP contribution >= 0.6 is 0 Å². The van der Waals surface area contributed by atoms with Crippen LogP contribution in [0.2, 0.25) is 0 Å². The number of rotatable bonds is 5. The maximum atomic E-state index is 11.8. The molecule has 1 atom stereocenters. The van der Waals surface area contributed by atoms with E-state index in [1.54, 1.807) is 12.1 Å². The number of esters is 1. The molecule has 2 heterocycles. The van der Waals surface area contributed by atoms with Crippen LogP contribution in [0, 0.1) is 17.0 Å². The predicted molar refractivity (Wildman–Crippen MR) is 95.7 cm³/mol. The third kappa shape index (κ3) is 3.27. The standard InChI is InChI=1S/C18H18N4O4/c1-11-6-7-16-20-17(12-4-3-5-13(8-12)22(24)25)15(21(16)10-11)9-14(19)18(23)26-2/h3-8,10,14H,9,19H2,1-2H3. The molecule has 1 unspecified atom stereocenters. The van der Waals surface area contributed by atoms with Crippen molar-refractivity contribution in [3.05, 3.63) is 64.0 Å². The highest BCUT2D eigenvalue weighted by atomic mass is 16.6. The number of nitrogens with zero attached hydrogens (tertiary/aromatic N) is 3. The highest BCUT2D eigenvalue weighted by molar-refractivity contribution is 5.77. The Morgan fingerprint density at radius 2 is 2.15 bits per heavy atom. The second kappa shape index (κ2) is 6.93. The van der Waals surface area contributed by atoms with E-state index in [0.29, 0.717) is 22.6 Å². The zero-order chi connectivity index (χ0) is 18.8. The molecule has 1 aromatic carbocycles. The third-order valence-corrected chi connectivity index (χ3v) is 4.11. The van der Waals surface area contributed by atoms with Crippen LogP contribution in [0.4, 0.5) is 5.69 Å². The Kier molecular flexibility index (Phi) is 4.68. The number of imidazole rings is 1. The molecule has 0 radical (unpaired) electrons. The molecule has 0 fully saturated rings. The summed E-state index contributed by atoms with van der Waals surface area (Å²) in [6.45, 7) is 1.94. The Labute approximate surface area is 149 Å². The molecule has 26 heavy (non-hydrogen) atoms. The fourth-order valence-electron chi connectivity index (χ4n) is 2.84. The van der Waals surface area contributed by atoms with Crippen LogP contribution in [0.5, 0.6) is 0 Å². The van der Waals surface area contributed by atoms with Gasteiger partial charge in [-0.3, -0.25) is 14.9 Å². The largest absolute Gasteiger partial charge is 0.468 e. The van der Waals surface area contributed by atoms with E-state index in [2.05, 4.69) is 4.98 Å². The summed E-state index contributed by atoms with van der Waals surface area (Å²) in [5.74, 6) is -0.530. The highest BCUT2D eigenvalue weighted by Gasteiger charge is 2.22. The van der Waals surface area contributed by atoms with Crippen molar-refractivity contribution >= 4 is 17.3 Å². The lowest BCUT2D eigenvalue weighted by Crippen LogP contribution is -2.34. The quantitative estimate of drug-likeness (QED) is 0.427. The van der Waals surface area contributed by atoms with Gasteiger partial charge in [0.25, 0.3) is 5.69 Å². The van der Waals surface area contributed by atoms with E-state index in [9.17, 15) is 14.9 Å². The summed E-state index contributed by atoms with van der Waals surface area (Å²) in [6.07, 6.45) is 2.08. The van der Waals surface area contributed by atoms with Gasteiger partial charge in [0, 0.05) is 30.3 Å². The fraction of sp³-hybridized carbons (Fsp3) is 0.222. The Hall–Kier alpha value is -3.26. The van der Waals surface area contributed by atoms with Crippen molar-refractivity contribution in [2.75, 3.05) is 7.11 Å². The minimum absolute atomic E-state index is 0.0287. The van der Waals surface area contributed by atoms with Gasteiger partial charge in [-0.25, -0.2) is 4.98 Å². The number of nitro benzene ring substituents is 1. The molecule has 0 aliphatic carbocycles. The molecular formula is C18H18N4O4. The van der Waals surface area contributed by atoms with Crippen molar-refractivity contribution < 1.29 is 14.5 Å². The SMILES string of the molecule is COC(=O)C(N)Cc1c(-c2cccc([N+](=O)[O-])c2)nc2ccc(C)cn12. The van der Waals surface area contributed by atoms with Gasteiger partial charge in [0.05, 0.1) is 23.4 Å². The van der Waals surface area contributed by atoms with Gasteiger partial charge in [-0.15, -0.1) is 0 Å². The molecule has 0 spiro atoms. The summed E-state index contributed by atoms with van der Waals surface area (Å²) in [7, 11) is 1.28. The zero-order valence-corrected chi connectivity index (χ0v) is 14.4. The van der Waals surface area contributed by atoms with Crippen LogP contribution in [0.25, 0.3) is 16.9 Å². The number of methoxy groups -OCH3 is 1. The number of hydrogen-bond acceptors (Lipinski definition) is 6. The normalized spacial score (nSPS) is 12.1. The maximum absolute atomic E-state index is 11.8. The van der Waals surface area contributed by atoms with Crippen LogP contribution in [0.3, 0.4) is 0 Å². The van der Waals surface area contributed by atoms with E-state index in [-0.39, 0.29) is 12.1 Å². The first-order chi connectivity index (χ1) is 12.4. The molecule has 8 heteroatoms. The van der Waals surface area contributed by atoms with Gasteiger partial charge in [0.1, 0.15) is 11.7 Å². The molecule has 0 bridgehead atoms. The molecule has 3 aromatic rings. The molecule has 2 aromatic heterocycles. The summed E-state index contributed by atoms with van der Waals surface area (Å²) in [5, 5.41) is 11.1. The van der Waals surface area contributed by atoms with E-state index in [0.717, 1.165) is 5.56 Å². The zero-order valence-electron chi connectivity index (χ0n) is 14.4.